The number of carbonyl (C=O) groups excluding carboxylic acids is 1. The van der Waals surface area contributed by atoms with Crippen molar-refractivity contribution in [3.05, 3.63) is 0 Å². The van der Waals surface area contributed by atoms with Crippen molar-refractivity contribution in [1.29, 1.82) is 10.7 Å². The van der Waals surface area contributed by atoms with Crippen LogP contribution in [-0.2, 0) is 9.53 Å². The second-order valence-electron chi connectivity index (χ2n) is 2.66. The van der Waals surface area contributed by atoms with Crippen LogP contribution < -0.4 is 0 Å². The predicted molar refractivity (Wildman–Crippen MR) is 48.4 cm³/mol. The van der Waals surface area contributed by atoms with E-state index in [-0.39, 0.29) is 19.4 Å². The zero-order valence-corrected chi connectivity index (χ0v) is 7.80. The van der Waals surface area contributed by atoms with Crippen LogP contribution in [0.5, 0.6) is 0 Å². The standard InChI is InChI=1S/C9H14N2O2/c1-2-4-8(11)7-9(12)13-6-3-5-10/h11H,2-4,6-7H2,1H3. The summed E-state index contributed by atoms with van der Waals surface area (Å²) in [4.78, 5) is 10.9. The fourth-order valence-electron chi connectivity index (χ4n) is 0.826. The van der Waals surface area contributed by atoms with Gasteiger partial charge in [-0.15, -0.1) is 0 Å². The number of carbonyl (C=O) groups is 1. The van der Waals surface area contributed by atoms with Crippen LogP contribution in [0.1, 0.15) is 32.6 Å². The highest BCUT2D eigenvalue weighted by atomic mass is 16.5. The van der Waals surface area contributed by atoms with Crippen molar-refractivity contribution in [2.24, 2.45) is 0 Å². The normalized spacial score (nSPS) is 8.92. The summed E-state index contributed by atoms with van der Waals surface area (Å²) in [6, 6.07) is 1.87. The average molecular weight is 182 g/mol. The van der Waals surface area contributed by atoms with Crippen molar-refractivity contribution in [1.82, 2.24) is 0 Å². The molecule has 13 heavy (non-hydrogen) atoms. The summed E-state index contributed by atoms with van der Waals surface area (Å²) in [5.41, 5.74) is 0.393. The molecule has 72 valence electrons. The van der Waals surface area contributed by atoms with Crippen molar-refractivity contribution < 1.29 is 9.53 Å². The number of rotatable bonds is 6. The van der Waals surface area contributed by atoms with Gasteiger partial charge in [-0.3, -0.25) is 4.79 Å². The Hall–Kier alpha value is -1.37. The Labute approximate surface area is 78.0 Å². The maximum atomic E-state index is 10.9. The van der Waals surface area contributed by atoms with Crippen molar-refractivity contribution >= 4 is 11.7 Å². The summed E-state index contributed by atoms with van der Waals surface area (Å²) < 4.78 is 4.70. The van der Waals surface area contributed by atoms with Gasteiger partial charge in [-0.2, -0.15) is 5.26 Å². The highest BCUT2D eigenvalue weighted by Gasteiger charge is 2.05. The fourth-order valence-corrected chi connectivity index (χ4v) is 0.826. The smallest absolute Gasteiger partial charge is 0.311 e. The number of hydrogen-bond donors (Lipinski definition) is 1. The molecule has 1 N–H and O–H groups in total. The van der Waals surface area contributed by atoms with Crippen LogP contribution in [0.3, 0.4) is 0 Å². The molecule has 0 aliphatic carbocycles. The van der Waals surface area contributed by atoms with Gasteiger partial charge in [0.05, 0.1) is 18.9 Å². The molecule has 0 aliphatic heterocycles. The van der Waals surface area contributed by atoms with Gasteiger partial charge in [0.25, 0.3) is 0 Å². The summed E-state index contributed by atoms with van der Waals surface area (Å²) in [5, 5.41) is 15.5. The van der Waals surface area contributed by atoms with E-state index in [0.29, 0.717) is 12.1 Å². The van der Waals surface area contributed by atoms with E-state index in [1.165, 1.54) is 0 Å². The zero-order chi connectivity index (χ0) is 10.1. The van der Waals surface area contributed by atoms with Gasteiger partial charge >= 0.3 is 5.97 Å². The minimum atomic E-state index is -0.409. The monoisotopic (exact) mass is 182 g/mol. The first-order chi connectivity index (χ1) is 6.20. The maximum absolute atomic E-state index is 10.9. The van der Waals surface area contributed by atoms with Gasteiger partial charge in [0, 0.05) is 5.71 Å². The Balaban J connectivity index is 3.51. The molecule has 0 amide bonds. The highest BCUT2D eigenvalue weighted by Crippen LogP contribution is 1.97. The molecule has 4 nitrogen and oxygen atoms in total. The Bertz CT molecular complexity index is 218. The van der Waals surface area contributed by atoms with E-state index in [0.717, 1.165) is 6.42 Å². The van der Waals surface area contributed by atoms with Crippen LogP contribution >= 0.6 is 0 Å². The van der Waals surface area contributed by atoms with Crippen molar-refractivity contribution in [2.45, 2.75) is 32.6 Å². The van der Waals surface area contributed by atoms with Gasteiger partial charge in [0.15, 0.2) is 0 Å². The summed E-state index contributed by atoms with van der Waals surface area (Å²) in [6.07, 6.45) is 1.77. The molecule has 0 saturated carbocycles. The van der Waals surface area contributed by atoms with Gasteiger partial charge in [-0.1, -0.05) is 13.3 Å². The lowest BCUT2D eigenvalue weighted by molar-refractivity contribution is -0.141. The molecular weight excluding hydrogens is 168 g/mol. The van der Waals surface area contributed by atoms with Crippen LogP contribution in [0, 0.1) is 16.7 Å². The molecular formula is C9H14N2O2. The summed E-state index contributed by atoms with van der Waals surface area (Å²) in [6.45, 7) is 2.09. The first kappa shape index (κ1) is 11.6. The number of ether oxygens (including phenoxy) is 1. The van der Waals surface area contributed by atoms with E-state index < -0.39 is 5.97 Å². The average Bonchev–Trinajstić information content (AvgIpc) is 2.05. The number of esters is 1. The van der Waals surface area contributed by atoms with Crippen LogP contribution in [0.4, 0.5) is 0 Å². The molecule has 0 aromatic rings. The molecule has 0 saturated heterocycles. The van der Waals surface area contributed by atoms with Crippen molar-refractivity contribution in [2.75, 3.05) is 6.61 Å². The van der Waals surface area contributed by atoms with Gasteiger partial charge in [0.2, 0.25) is 0 Å². The SMILES string of the molecule is CCCC(=N)CC(=O)OCCC#N. The van der Waals surface area contributed by atoms with Gasteiger partial charge < -0.3 is 10.1 Å². The quantitative estimate of drug-likeness (QED) is 0.385. The van der Waals surface area contributed by atoms with Gasteiger partial charge in [-0.05, 0) is 6.42 Å². The molecule has 0 aromatic carbocycles. The maximum Gasteiger partial charge on any atom is 0.311 e. The molecule has 0 bridgehead atoms. The summed E-state index contributed by atoms with van der Waals surface area (Å²) in [5.74, 6) is -0.409. The lowest BCUT2D eigenvalue weighted by Crippen LogP contribution is -2.11. The predicted octanol–water partition coefficient (Wildman–Crippen LogP) is 1.65. The van der Waals surface area contributed by atoms with Gasteiger partial charge in [0.1, 0.15) is 6.61 Å². The van der Waals surface area contributed by atoms with E-state index >= 15 is 0 Å². The third-order valence-corrected chi connectivity index (χ3v) is 1.39. The third kappa shape index (κ3) is 7.01. The topological polar surface area (TPSA) is 73.9 Å². The molecule has 0 rings (SSSR count). The Morgan fingerprint density at radius 1 is 1.62 bits per heavy atom. The number of hydrogen-bond acceptors (Lipinski definition) is 4. The number of nitrogens with zero attached hydrogens (tertiary/aromatic N) is 1. The number of nitrogens with one attached hydrogen (secondary N) is 1. The molecule has 0 fully saturated rings. The minimum absolute atomic E-state index is 0.0548. The van der Waals surface area contributed by atoms with Crippen LogP contribution in [0.15, 0.2) is 0 Å². The molecule has 0 heterocycles. The molecule has 0 spiro atoms. The summed E-state index contributed by atoms with van der Waals surface area (Å²) >= 11 is 0. The molecule has 0 unspecified atom stereocenters. The zero-order valence-electron chi connectivity index (χ0n) is 7.80. The lowest BCUT2D eigenvalue weighted by atomic mass is 10.2. The molecule has 0 aromatic heterocycles. The molecule has 0 radical (unpaired) electrons. The first-order valence-corrected chi connectivity index (χ1v) is 4.29. The number of nitriles is 1. The third-order valence-electron chi connectivity index (χ3n) is 1.39. The van der Waals surface area contributed by atoms with Crippen LogP contribution in [-0.4, -0.2) is 18.3 Å². The second kappa shape index (κ2) is 7.29. The molecule has 4 heteroatoms. The van der Waals surface area contributed by atoms with Crippen molar-refractivity contribution in [3.8, 4) is 6.07 Å². The Morgan fingerprint density at radius 2 is 2.31 bits per heavy atom. The molecule has 0 aliphatic rings. The van der Waals surface area contributed by atoms with Crippen molar-refractivity contribution in [3.63, 3.8) is 0 Å². The second-order valence-corrected chi connectivity index (χ2v) is 2.66. The van der Waals surface area contributed by atoms with Gasteiger partial charge in [-0.25, -0.2) is 0 Å². The molecule has 0 atom stereocenters. The fraction of sp³-hybridized carbons (Fsp3) is 0.667. The van der Waals surface area contributed by atoms with E-state index in [2.05, 4.69) is 0 Å². The highest BCUT2D eigenvalue weighted by molar-refractivity contribution is 5.97. The van der Waals surface area contributed by atoms with Crippen LogP contribution in [0.25, 0.3) is 0 Å². The lowest BCUT2D eigenvalue weighted by Gasteiger charge is -2.02. The Kier molecular flexibility index (Phi) is 6.52. The Morgan fingerprint density at radius 3 is 2.85 bits per heavy atom. The van der Waals surface area contributed by atoms with E-state index in [1.54, 1.807) is 0 Å². The van der Waals surface area contributed by atoms with E-state index in [1.807, 2.05) is 13.0 Å². The largest absolute Gasteiger partial charge is 0.464 e. The van der Waals surface area contributed by atoms with E-state index in [4.69, 9.17) is 15.4 Å². The first-order valence-electron chi connectivity index (χ1n) is 4.29. The minimum Gasteiger partial charge on any atom is -0.464 e. The van der Waals surface area contributed by atoms with Crippen LogP contribution in [0.2, 0.25) is 0 Å². The summed E-state index contributed by atoms with van der Waals surface area (Å²) in [7, 11) is 0. The van der Waals surface area contributed by atoms with E-state index in [9.17, 15) is 4.79 Å².